The SMILES string of the molecule is CCOC(N)=O.F.OCCO. The molecule has 1 amide bonds. The van der Waals surface area contributed by atoms with Crippen molar-refractivity contribution >= 4 is 6.09 Å². The first kappa shape index (κ1) is 16.6. The Morgan fingerprint density at radius 1 is 1.45 bits per heavy atom. The summed E-state index contributed by atoms with van der Waals surface area (Å²) in [4.78, 5) is 9.60. The predicted octanol–water partition coefficient (Wildman–Crippen LogP) is -0.775. The number of amides is 1. The van der Waals surface area contributed by atoms with E-state index in [2.05, 4.69) is 10.5 Å². The van der Waals surface area contributed by atoms with E-state index in [1.54, 1.807) is 6.92 Å². The van der Waals surface area contributed by atoms with Crippen LogP contribution in [0.2, 0.25) is 0 Å². The highest BCUT2D eigenvalue weighted by molar-refractivity contribution is 5.64. The van der Waals surface area contributed by atoms with Gasteiger partial charge < -0.3 is 20.7 Å². The molecule has 0 aliphatic rings. The molecule has 0 spiro atoms. The smallest absolute Gasteiger partial charge is 0.404 e. The van der Waals surface area contributed by atoms with Gasteiger partial charge in [0.2, 0.25) is 0 Å². The lowest BCUT2D eigenvalue weighted by Crippen LogP contribution is -2.11. The molecule has 0 heterocycles. The maximum atomic E-state index is 9.60. The summed E-state index contributed by atoms with van der Waals surface area (Å²) in [6.45, 7) is 1.81. The number of aliphatic hydroxyl groups excluding tert-OH is 2. The van der Waals surface area contributed by atoms with Crippen LogP contribution >= 0.6 is 0 Å². The molecule has 0 radical (unpaired) electrons. The molecule has 0 saturated heterocycles. The molecule has 5 nitrogen and oxygen atoms in total. The standard InChI is InChI=1S/C3H7NO2.C2H6O2.FH/c1-2-6-3(4)5;3-1-2-4;/h2H2,1H3,(H2,4,5);3-4H,1-2H2;1H. The van der Waals surface area contributed by atoms with Crippen LogP contribution in [0.25, 0.3) is 0 Å². The van der Waals surface area contributed by atoms with Crippen molar-refractivity contribution in [3.63, 3.8) is 0 Å². The van der Waals surface area contributed by atoms with Crippen molar-refractivity contribution in [3.8, 4) is 0 Å². The van der Waals surface area contributed by atoms with Gasteiger partial charge in [0.25, 0.3) is 0 Å². The molecule has 70 valence electrons. The molecule has 0 rings (SSSR count). The number of hydrogen-bond donors (Lipinski definition) is 3. The zero-order valence-electron chi connectivity index (χ0n) is 6.32. The largest absolute Gasteiger partial charge is 0.450 e. The summed E-state index contributed by atoms with van der Waals surface area (Å²) < 4.78 is 4.18. The third-order valence-electron chi connectivity index (χ3n) is 0.387. The first-order valence-corrected chi connectivity index (χ1v) is 2.83. The first-order valence-electron chi connectivity index (χ1n) is 2.83. The fourth-order valence-corrected chi connectivity index (χ4v) is 0.142. The lowest BCUT2D eigenvalue weighted by atomic mass is 10.8. The van der Waals surface area contributed by atoms with E-state index < -0.39 is 6.09 Å². The number of ether oxygens (including phenoxy) is 1. The number of carbonyl (C=O) groups excluding carboxylic acids is 1. The molecule has 0 unspecified atom stereocenters. The van der Waals surface area contributed by atoms with E-state index in [1.807, 2.05) is 0 Å². The van der Waals surface area contributed by atoms with Gasteiger partial charge >= 0.3 is 6.09 Å². The lowest BCUT2D eigenvalue weighted by molar-refractivity contribution is 0.163. The van der Waals surface area contributed by atoms with Crippen LogP contribution in [0, 0.1) is 0 Å². The number of aliphatic hydroxyl groups is 2. The molecule has 0 aromatic rings. The molecule has 6 heteroatoms. The van der Waals surface area contributed by atoms with Gasteiger partial charge in [-0.3, -0.25) is 4.70 Å². The Labute approximate surface area is 64.1 Å². The lowest BCUT2D eigenvalue weighted by Gasteiger charge is -1.89. The van der Waals surface area contributed by atoms with E-state index in [-0.39, 0.29) is 17.9 Å². The molecular weight excluding hydrogens is 157 g/mol. The van der Waals surface area contributed by atoms with Crippen molar-refractivity contribution in [2.24, 2.45) is 5.73 Å². The Bertz CT molecular complexity index is 78.9. The van der Waals surface area contributed by atoms with Gasteiger partial charge in [0.15, 0.2) is 0 Å². The monoisotopic (exact) mass is 171 g/mol. The van der Waals surface area contributed by atoms with Gasteiger partial charge in [0.05, 0.1) is 19.8 Å². The van der Waals surface area contributed by atoms with E-state index in [9.17, 15) is 4.79 Å². The Morgan fingerprint density at radius 3 is 1.82 bits per heavy atom. The summed E-state index contributed by atoms with van der Waals surface area (Å²) in [6.07, 6.45) is -0.711. The highest BCUT2D eigenvalue weighted by Crippen LogP contribution is 1.66. The van der Waals surface area contributed by atoms with Gasteiger partial charge in [-0.15, -0.1) is 0 Å². The molecular formula is C5H14FNO4. The van der Waals surface area contributed by atoms with Crippen molar-refractivity contribution in [3.05, 3.63) is 0 Å². The molecule has 0 aromatic carbocycles. The van der Waals surface area contributed by atoms with Gasteiger partial charge in [0.1, 0.15) is 0 Å². The summed E-state index contributed by atoms with van der Waals surface area (Å²) in [7, 11) is 0. The van der Waals surface area contributed by atoms with Crippen LogP contribution < -0.4 is 5.73 Å². The zero-order valence-corrected chi connectivity index (χ0v) is 6.32. The molecule has 0 aliphatic carbocycles. The summed E-state index contributed by atoms with van der Waals surface area (Å²) in [5.41, 5.74) is 4.54. The second-order valence-electron chi connectivity index (χ2n) is 1.20. The highest BCUT2D eigenvalue weighted by Gasteiger charge is 1.82. The fourth-order valence-electron chi connectivity index (χ4n) is 0.142. The van der Waals surface area contributed by atoms with Crippen molar-refractivity contribution in [2.45, 2.75) is 6.92 Å². The van der Waals surface area contributed by atoms with Crippen molar-refractivity contribution < 1.29 is 24.4 Å². The fraction of sp³-hybridized carbons (Fsp3) is 0.800. The van der Waals surface area contributed by atoms with Crippen LogP contribution in [0.4, 0.5) is 9.50 Å². The number of primary amides is 1. The second kappa shape index (κ2) is 16.1. The van der Waals surface area contributed by atoms with Crippen LogP contribution in [0.3, 0.4) is 0 Å². The summed E-state index contributed by atoms with van der Waals surface area (Å²) in [5, 5.41) is 15.2. The van der Waals surface area contributed by atoms with Crippen molar-refractivity contribution in [1.82, 2.24) is 0 Å². The van der Waals surface area contributed by atoms with Gasteiger partial charge in [-0.05, 0) is 6.92 Å². The van der Waals surface area contributed by atoms with E-state index in [4.69, 9.17) is 10.2 Å². The maximum Gasteiger partial charge on any atom is 0.404 e. The minimum absolute atomic E-state index is 0. The van der Waals surface area contributed by atoms with Gasteiger partial charge in [-0.1, -0.05) is 0 Å². The molecule has 4 N–H and O–H groups in total. The quantitative estimate of drug-likeness (QED) is 0.508. The number of rotatable bonds is 2. The minimum atomic E-state index is -0.711. The van der Waals surface area contributed by atoms with Crippen LogP contribution in [0.15, 0.2) is 0 Å². The third-order valence-corrected chi connectivity index (χ3v) is 0.387. The number of halogens is 1. The van der Waals surface area contributed by atoms with Crippen molar-refractivity contribution in [1.29, 1.82) is 0 Å². The molecule has 0 aliphatic heterocycles. The average Bonchev–Trinajstić information content (AvgIpc) is 1.89. The Balaban J connectivity index is -0.000000114. The molecule has 0 bridgehead atoms. The van der Waals surface area contributed by atoms with Crippen LogP contribution in [0.1, 0.15) is 6.92 Å². The maximum absolute atomic E-state index is 9.60. The third kappa shape index (κ3) is 47.5. The number of hydrogen-bond acceptors (Lipinski definition) is 4. The summed E-state index contributed by atoms with van der Waals surface area (Å²) in [6, 6.07) is 0. The molecule has 0 atom stereocenters. The molecule has 11 heavy (non-hydrogen) atoms. The summed E-state index contributed by atoms with van der Waals surface area (Å²) in [5.74, 6) is 0. The topological polar surface area (TPSA) is 92.8 Å². The second-order valence-corrected chi connectivity index (χ2v) is 1.20. The van der Waals surface area contributed by atoms with Gasteiger partial charge in [-0.25, -0.2) is 4.79 Å². The first-order chi connectivity index (χ1) is 4.68. The van der Waals surface area contributed by atoms with Crippen molar-refractivity contribution in [2.75, 3.05) is 19.8 Å². The average molecular weight is 171 g/mol. The van der Waals surface area contributed by atoms with Crippen LogP contribution in [-0.2, 0) is 4.74 Å². The molecule has 0 aromatic heterocycles. The van der Waals surface area contributed by atoms with Crippen LogP contribution in [0.5, 0.6) is 0 Å². The zero-order chi connectivity index (χ0) is 8.41. The van der Waals surface area contributed by atoms with E-state index >= 15 is 0 Å². The Morgan fingerprint density at radius 2 is 1.82 bits per heavy atom. The molecule has 0 fully saturated rings. The highest BCUT2D eigenvalue weighted by atomic mass is 19.0. The summed E-state index contributed by atoms with van der Waals surface area (Å²) >= 11 is 0. The Hall–Kier alpha value is -0.880. The van der Waals surface area contributed by atoms with Gasteiger partial charge in [-0.2, -0.15) is 0 Å². The Kier molecular flexibility index (Phi) is 24.2. The van der Waals surface area contributed by atoms with E-state index in [0.29, 0.717) is 6.61 Å². The van der Waals surface area contributed by atoms with E-state index in [1.165, 1.54) is 0 Å². The molecule has 0 saturated carbocycles. The normalized spacial score (nSPS) is 6.82. The number of carbonyl (C=O) groups is 1. The van der Waals surface area contributed by atoms with E-state index in [0.717, 1.165) is 0 Å². The minimum Gasteiger partial charge on any atom is -0.450 e. The predicted molar refractivity (Wildman–Crippen MR) is 37.9 cm³/mol. The number of nitrogens with two attached hydrogens (primary N) is 1. The van der Waals surface area contributed by atoms with Crippen LogP contribution in [-0.4, -0.2) is 36.1 Å². The van der Waals surface area contributed by atoms with Gasteiger partial charge in [0, 0.05) is 0 Å².